The molecule has 1 aliphatic rings. The van der Waals surface area contributed by atoms with Crippen LogP contribution < -0.4 is 5.32 Å². The van der Waals surface area contributed by atoms with Crippen LogP contribution in [0.1, 0.15) is 46.5 Å². The number of carboxylic acid groups (broad SMARTS) is 1. The molecule has 0 aromatic rings. The van der Waals surface area contributed by atoms with E-state index >= 15 is 0 Å². The van der Waals surface area contributed by atoms with Crippen molar-refractivity contribution in [3.8, 4) is 0 Å². The summed E-state index contributed by atoms with van der Waals surface area (Å²) in [6.07, 6.45) is 3.52. The highest BCUT2D eigenvalue weighted by Gasteiger charge is 2.48. The molecule has 0 heterocycles. The van der Waals surface area contributed by atoms with Crippen LogP contribution in [0, 0.1) is 11.8 Å². The maximum absolute atomic E-state index is 11.8. The van der Waals surface area contributed by atoms with Crippen LogP contribution in [-0.2, 0) is 9.59 Å². The number of carbonyl (C=O) groups excluding carboxylic acids is 1. The average molecular weight is 227 g/mol. The summed E-state index contributed by atoms with van der Waals surface area (Å²) in [6.45, 7) is 5.47. The van der Waals surface area contributed by atoms with Crippen LogP contribution in [0.15, 0.2) is 0 Å². The lowest BCUT2D eigenvalue weighted by molar-refractivity contribution is -0.148. The van der Waals surface area contributed by atoms with Crippen LogP contribution >= 0.6 is 0 Å². The fourth-order valence-electron chi connectivity index (χ4n) is 1.93. The Morgan fingerprint density at radius 1 is 1.50 bits per heavy atom. The summed E-state index contributed by atoms with van der Waals surface area (Å²) in [4.78, 5) is 23.0. The van der Waals surface area contributed by atoms with Crippen molar-refractivity contribution >= 4 is 11.9 Å². The molecule has 16 heavy (non-hydrogen) atoms. The third-order valence-electron chi connectivity index (χ3n) is 3.39. The molecular formula is C12H21NO3. The topological polar surface area (TPSA) is 66.4 Å². The summed E-state index contributed by atoms with van der Waals surface area (Å²) in [5.41, 5.74) is -1.07. The SMILES string of the molecule is CCCC(C)C(=O)NC(C)(C(=O)O)C1CC1. The first-order chi connectivity index (χ1) is 7.41. The lowest BCUT2D eigenvalue weighted by atomic mass is 9.94. The van der Waals surface area contributed by atoms with Gasteiger partial charge in [0.2, 0.25) is 5.91 Å². The van der Waals surface area contributed by atoms with Gasteiger partial charge in [0.1, 0.15) is 5.54 Å². The fraction of sp³-hybridized carbons (Fsp3) is 0.833. The van der Waals surface area contributed by atoms with E-state index in [0.717, 1.165) is 25.7 Å². The standard InChI is InChI=1S/C12H21NO3/c1-4-5-8(2)10(14)13-12(3,11(15)16)9-6-7-9/h8-9H,4-7H2,1-3H3,(H,13,14)(H,15,16). The van der Waals surface area contributed by atoms with E-state index in [1.807, 2.05) is 13.8 Å². The Morgan fingerprint density at radius 3 is 2.44 bits per heavy atom. The molecule has 4 heteroatoms. The van der Waals surface area contributed by atoms with Crippen molar-refractivity contribution < 1.29 is 14.7 Å². The predicted molar refractivity (Wildman–Crippen MR) is 61.0 cm³/mol. The first-order valence-electron chi connectivity index (χ1n) is 5.97. The van der Waals surface area contributed by atoms with Crippen molar-refractivity contribution in [3.63, 3.8) is 0 Å². The highest BCUT2D eigenvalue weighted by atomic mass is 16.4. The van der Waals surface area contributed by atoms with Crippen LogP contribution in [0.4, 0.5) is 0 Å². The molecule has 0 aliphatic heterocycles. The van der Waals surface area contributed by atoms with Gasteiger partial charge in [-0.1, -0.05) is 20.3 Å². The fourth-order valence-corrected chi connectivity index (χ4v) is 1.93. The normalized spacial score (nSPS) is 20.9. The van der Waals surface area contributed by atoms with Gasteiger partial charge in [-0.2, -0.15) is 0 Å². The van der Waals surface area contributed by atoms with Gasteiger partial charge in [-0.3, -0.25) is 4.79 Å². The largest absolute Gasteiger partial charge is 0.480 e. The van der Waals surface area contributed by atoms with Crippen molar-refractivity contribution in [3.05, 3.63) is 0 Å². The van der Waals surface area contributed by atoms with Crippen LogP contribution in [0.5, 0.6) is 0 Å². The number of nitrogens with one attached hydrogen (secondary N) is 1. The number of hydrogen-bond donors (Lipinski definition) is 2. The minimum absolute atomic E-state index is 0.0998. The van der Waals surface area contributed by atoms with Crippen molar-refractivity contribution in [2.75, 3.05) is 0 Å². The Hall–Kier alpha value is -1.06. The number of carboxylic acids is 1. The van der Waals surface area contributed by atoms with Gasteiger partial charge in [0.25, 0.3) is 0 Å². The Morgan fingerprint density at radius 2 is 2.06 bits per heavy atom. The minimum atomic E-state index is -1.07. The van der Waals surface area contributed by atoms with Gasteiger partial charge in [-0.25, -0.2) is 4.79 Å². The van der Waals surface area contributed by atoms with Crippen LogP contribution in [-0.4, -0.2) is 22.5 Å². The first-order valence-corrected chi connectivity index (χ1v) is 5.97. The predicted octanol–water partition coefficient (Wildman–Crippen LogP) is 1.79. The minimum Gasteiger partial charge on any atom is -0.480 e. The Balaban J connectivity index is 2.62. The quantitative estimate of drug-likeness (QED) is 0.727. The molecule has 2 unspecified atom stereocenters. The smallest absolute Gasteiger partial charge is 0.329 e. The molecule has 2 N–H and O–H groups in total. The van der Waals surface area contributed by atoms with E-state index in [-0.39, 0.29) is 17.7 Å². The highest BCUT2D eigenvalue weighted by Crippen LogP contribution is 2.39. The molecule has 1 aliphatic carbocycles. The lowest BCUT2D eigenvalue weighted by Crippen LogP contribution is -2.55. The summed E-state index contributed by atoms with van der Waals surface area (Å²) in [6, 6.07) is 0. The second kappa shape index (κ2) is 4.85. The monoisotopic (exact) mass is 227 g/mol. The zero-order valence-electron chi connectivity index (χ0n) is 10.2. The average Bonchev–Trinajstić information content (AvgIpc) is 3.00. The van der Waals surface area contributed by atoms with Crippen LogP contribution in [0.2, 0.25) is 0 Å². The van der Waals surface area contributed by atoms with Crippen LogP contribution in [0.25, 0.3) is 0 Å². The molecule has 0 saturated heterocycles. The van der Waals surface area contributed by atoms with Gasteiger partial charge in [0.15, 0.2) is 0 Å². The van der Waals surface area contributed by atoms with Gasteiger partial charge < -0.3 is 10.4 Å². The van der Waals surface area contributed by atoms with Crippen molar-refractivity contribution in [2.45, 2.75) is 52.0 Å². The van der Waals surface area contributed by atoms with Crippen LogP contribution in [0.3, 0.4) is 0 Å². The van der Waals surface area contributed by atoms with E-state index in [2.05, 4.69) is 5.32 Å². The van der Waals surface area contributed by atoms with E-state index < -0.39 is 11.5 Å². The Labute approximate surface area is 96.4 Å². The molecule has 0 radical (unpaired) electrons. The van der Waals surface area contributed by atoms with E-state index in [9.17, 15) is 14.7 Å². The molecule has 1 rings (SSSR count). The van der Waals surface area contributed by atoms with Gasteiger partial charge in [0.05, 0.1) is 0 Å². The highest BCUT2D eigenvalue weighted by molar-refractivity contribution is 5.88. The molecule has 0 spiro atoms. The zero-order valence-corrected chi connectivity index (χ0v) is 10.2. The second-order valence-corrected chi connectivity index (χ2v) is 4.96. The van der Waals surface area contributed by atoms with E-state index in [0.29, 0.717) is 0 Å². The maximum atomic E-state index is 11.8. The number of amides is 1. The Bertz CT molecular complexity index is 286. The van der Waals surface area contributed by atoms with E-state index in [1.54, 1.807) is 6.92 Å². The third kappa shape index (κ3) is 2.74. The summed E-state index contributed by atoms with van der Waals surface area (Å²) in [5.74, 6) is -1.07. The van der Waals surface area contributed by atoms with Gasteiger partial charge in [-0.15, -0.1) is 0 Å². The van der Waals surface area contributed by atoms with Gasteiger partial charge in [-0.05, 0) is 32.1 Å². The zero-order chi connectivity index (χ0) is 12.3. The summed E-state index contributed by atoms with van der Waals surface area (Å²) >= 11 is 0. The number of rotatable bonds is 6. The molecular weight excluding hydrogens is 206 g/mol. The molecule has 4 nitrogen and oxygen atoms in total. The third-order valence-corrected chi connectivity index (χ3v) is 3.39. The summed E-state index contributed by atoms with van der Waals surface area (Å²) in [7, 11) is 0. The van der Waals surface area contributed by atoms with Crippen molar-refractivity contribution in [1.29, 1.82) is 0 Å². The molecule has 1 fully saturated rings. The molecule has 1 amide bonds. The molecule has 0 aromatic carbocycles. The molecule has 0 bridgehead atoms. The second-order valence-electron chi connectivity index (χ2n) is 4.96. The van der Waals surface area contributed by atoms with Crippen molar-refractivity contribution in [2.24, 2.45) is 11.8 Å². The molecule has 2 atom stereocenters. The number of aliphatic carboxylic acids is 1. The van der Waals surface area contributed by atoms with Crippen molar-refractivity contribution in [1.82, 2.24) is 5.32 Å². The number of hydrogen-bond acceptors (Lipinski definition) is 2. The summed E-state index contributed by atoms with van der Waals surface area (Å²) < 4.78 is 0. The molecule has 92 valence electrons. The maximum Gasteiger partial charge on any atom is 0.329 e. The molecule has 0 aromatic heterocycles. The van der Waals surface area contributed by atoms with E-state index in [1.165, 1.54) is 0 Å². The summed E-state index contributed by atoms with van der Waals surface area (Å²) in [5, 5.41) is 11.9. The lowest BCUT2D eigenvalue weighted by Gasteiger charge is -2.27. The Kier molecular flexibility index (Phi) is 3.94. The van der Waals surface area contributed by atoms with Gasteiger partial charge in [0, 0.05) is 5.92 Å². The van der Waals surface area contributed by atoms with E-state index in [4.69, 9.17) is 0 Å². The first kappa shape index (κ1) is 13.0. The molecule has 1 saturated carbocycles. The van der Waals surface area contributed by atoms with Gasteiger partial charge >= 0.3 is 5.97 Å². The number of carbonyl (C=O) groups is 2.